The molecular formula is C19H24N6O5S2. The van der Waals surface area contributed by atoms with Crippen molar-refractivity contribution in [2.24, 2.45) is 0 Å². The number of hydrogen-bond donors (Lipinski definition) is 2. The van der Waals surface area contributed by atoms with E-state index in [1.807, 2.05) is 7.05 Å². The second-order valence-corrected chi connectivity index (χ2v) is 9.67. The molecule has 13 heteroatoms. The van der Waals surface area contributed by atoms with Crippen LogP contribution in [0, 0.1) is 0 Å². The van der Waals surface area contributed by atoms with Crippen molar-refractivity contribution in [3.05, 3.63) is 22.8 Å². The minimum Gasteiger partial charge on any atom is -0.445 e. The molecule has 0 aliphatic carbocycles. The smallest absolute Gasteiger partial charge is 0.410 e. The molecule has 172 valence electrons. The molecule has 4 rings (SSSR count). The largest absolute Gasteiger partial charge is 0.445 e. The zero-order valence-corrected chi connectivity index (χ0v) is 19.1. The molecule has 1 unspecified atom stereocenters. The van der Waals surface area contributed by atoms with E-state index in [1.165, 1.54) is 23.1 Å². The van der Waals surface area contributed by atoms with E-state index in [-0.39, 0.29) is 36.3 Å². The number of thiazole rings is 1. The Morgan fingerprint density at radius 1 is 1.31 bits per heavy atom. The summed E-state index contributed by atoms with van der Waals surface area (Å²) in [6.45, 7) is 3.08. The summed E-state index contributed by atoms with van der Waals surface area (Å²) in [6, 6.07) is -0.593. The van der Waals surface area contributed by atoms with Gasteiger partial charge in [0, 0.05) is 43.5 Å². The van der Waals surface area contributed by atoms with Crippen LogP contribution < -0.4 is 10.6 Å². The molecule has 0 bridgehead atoms. The standard InChI is InChI=1S/C19H24N6O5S2/c1-23-2-4-24(5-3-23)19(29)30-8-12-7-25-16(28)15(17(25)31-9-12)22-14(27)6-13-10-32-18(21-13)20-11-26/h7,10-11,15,17H,2-6,8-9H2,1H3,(H,22,27)(H,20,21,26)/t15?,17-/m1/s1. The van der Waals surface area contributed by atoms with E-state index in [0.29, 0.717) is 36.1 Å². The van der Waals surface area contributed by atoms with E-state index < -0.39 is 6.04 Å². The van der Waals surface area contributed by atoms with Crippen molar-refractivity contribution in [2.45, 2.75) is 17.8 Å². The zero-order chi connectivity index (χ0) is 22.7. The molecule has 2 saturated heterocycles. The second-order valence-electron chi connectivity index (χ2n) is 7.71. The van der Waals surface area contributed by atoms with Gasteiger partial charge in [0.05, 0.1) is 12.1 Å². The first-order valence-electron chi connectivity index (χ1n) is 10.1. The van der Waals surface area contributed by atoms with Gasteiger partial charge in [-0.15, -0.1) is 23.1 Å². The number of β-lactam (4-membered cyclic amide) rings is 1. The van der Waals surface area contributed by atoms with Gasteiger partial charge in [-0.2, -0.15) is 0 Å². The SMILES string of the molecule is CN1CCN(C(=O)OCC2=CN3C(=O)C(NC(=O)Cc4csc(NC=O)n4)[C@H]3SC2)CC1. The summed E-state index contributed by atoms with van der Waals surface area (Å²) < 4.78 is 5.42. The van der Waals surface area contributed by atoms with Crippen molar-refractivity contribution < 1.29 is 23.9 Å². The first-order chi connectivity index (χ1) is 15.4. The highest BCUT2D eigenvalue weighted by atomic mass is 32.2. The number of thioether (sulfide) groups is 1. The maximum Gasteiger partial charge on any atom is 0.410 e. The van der Waals surface area contributed by atoms with Crippen molar-refractivity contribution in [3.63, 3.8) is 0 Å². The molecule has 3 aliphatic rings. The van der Waals surface area contributed by atoms with Gasteiger partial charge in [-0.1, -0.05) is 0 Å². The Labute approximate surface area is 193 Å². The van der Waals surface area contributed by atoms with Gasteiger partial charge >= 0.3 is 6.09 Å². The fourth-order valence-electron chi connectivity index (χ4n) is 3.57. The quantitative estimate of drug-likeness (QED) is 0.410. The van der Waals surface area contributed by atoms with Crippen molar-refractivity contribution in [2.75, 3.05) is 50.9 Å². The molecule has 1 aromatic heterocycles. The molecule has 3 aliphatic heterocycles. The highest BCUT2D eigenvalue weighted by molar-refractivity contribution is 8.00. The average molecular weight is 481 g/mol. The number of amides is 4. The molecule has 0 saturated carbocycles. The van der Waals surface area contributed by atoms with Gasteiger partial charge in [0.15, 0.2) is 5.13 Å². The first-order valence-corrected chi connectivity index (χ1v) is 12.0. The molecule has 2 fully saturated rings. The molecular weight excluding hydrogens is 456 g/mol. The predicted octanol–water partition coefficient (Wildman–Crippen LogP) is -0.0783. The van der Waals surface area contributed by atoms with Crippen molar-refractivity contribution in [1.82, 2.24) is 25.0 Å². The first kappa shape index (κ1) is 22.6. The van der Waals surface area contributed by atoms with E-state index in [0.717, 1.165) is 18.7 Å². The van der Waals surface area contributed by atoms with Crippen LogP contribution in [0.4, 0.5) is 9.93 Å². The predicted molar refractivity (Wildman–Crippen MR) is 119 cm³/mol. The van der Waals surface area contributed by atoms with Crippen molar-refractivity contribution >= 4 is 52.5 Å². The highest BCUT2D eigenvalue weighted by Crippen LogP contribution is 2.36. The number of piperazine rings is 1. The van der Waals surface area contributed by atoms with E-state index in [1.54, 1.807) is 21.4 Å². The number of rotatable bonds is 7. The minimum atomic E-state index is -0.593. The molecule has 0 spiro atoms. The summed E-state index contributed by atoms with van der Waals surface area (Å²) in [5.41, 5.74) is 1.38. The van der Waals surface area contributed by atoms with Crippen LogP contribution in [0.5, 0.6) is 0 Å². The Kier molecular flexibility index (Phi) is 6.96. The number of aromatic nitrogens is 1. The van der Waals surface area contributed by atoms with Gasteiger partial charge < -0.3 is 30.1 Å². The van der Waals surface area contributed by atoms with E-state index in [2.05, 4.69) is 20.5 Å². The lowest BCUT2D eigenvalue weighted by Crippen LogP contribution is -2.68. The number of hydrogen-bond acceptors (Lipinski definition) is 9. The molecule has 4 heterocycles. The summed E-state index contributed by atoms with van der Waals surface area (Å²) in [4.78, 5) is 57.1. The molecule has 11 nitrogen and oxygen atoms in total. The Morgan fingerprint density at radius 2 is 2.09 bits per heavy atom. The number of nitrogens with one attached hydrogen (secondary N) is 2. The van der Waals surface area contributed by atoms with E-state index in [4.69, 9.17) is 4.74 Å². The van der Waals surface area contributed by atoms with Crippen LogP contribution in [-0.2, 0) is 25.5 Å². The third-order valence-electron chi connectivity index (χ3n) is 5.38. The number of fused-ring (bicyclic) bond motifs is 1. The Morgan fingerprint density at radius 3 is 2.84 bits per heavy atom. The van der Waals surface area contributed by atoms with Gasteiger partial charge in [-0.05, 0) is 12.6 Å². The van der Waals surface area contributed by atoms with Crippen molar-refractivity contribution in [3.8, 4) is 0 Å². The fraction of sp³-hybridized carbons (Fsp3) is 0.526. The Bertz CT molecular complexity index is 929. The number of likely N-dealkylation sites (N-methyl/N-ethyl adjacent to an activating group) is 1. The van der Waals surface area contributed by atoms with Gasteiger partial charge in [-0.3, -0.25) is 14.4 Å². The molecule has 1 aromatic rings. The van der Waals surface area contributed by atoms with E-state index in [9.17, 15) is 19.2 Å². The molecule has 32 heavy (non-hydrogen) atoms. The highest BCUT2D eigenvalue weighted by Gasteiger charge is 2.49. The average Bonchev–Trinajstić information content (AvgIpc) is 3.23. The zero-order valence-electron chi connectivity index (χ0n) is 17.5. The van der Waals surface area contributed by atoms with Gasteiger partial charge in [0.25, 0.3) is 5.91 Å². The van der Waals surface area contributed by atoms with Gasteiger partial charge in [0.1, 0.15) is 18.0 Å². The van der Waals surface area contributed by atoms with Crippen LogP contribution >= 0.6 is 23.1 Å². The maximum atomic E-state index is 12.5. The fourth-order valence-corrected chi connectivity index (χ4v) is 5.48. The second kappa shape index (κ2) is 9.88. The molecule has 4 amide bonds. The van der Waals surface area contributed by atoms with Crippen LogP contribution in [0.3, 0.4) is 0 Å². The molecule has 2 atom stereocenters. The number of nitrogens with zero attached hydrogens (tertiary/aromatic N) is 4. The summed E-state index contributed by atoms with van der Waals surface area (Å²) in [5.74, 6) is 0.117. The molecule has 0 aromatic carbocycles. The minimum absolute atomic E-state index is 0.0293. The van der Waals surface area contributed by atoms with Gasteiger partial charge in [-0.25, -0.2) is 9.78 Å². The number of ether oxygens (including phenoxy) is 1. The van der Waals surface area contributed by atoms with Crippen molar-refractivity contribution in [1.29, 1.82) is 0 Å². The lowest BCUT2D eigenvalue weighted by Gasteiger charge is -2.47. The summed E-state index contributed by atoms with van der Waals surface area (Å²) in [7, 11) is 2.02. The normalized spacial score (nSPS) is 23.0. The Hall–Kier alpha value is -2.64. The topological polar surface area (TPSA) is 124 Å². The van der Waals surface area contributed by atoms with Crippen LogP contribution in [0.1, 0.15) is 5.69 Å². The molecule has 0 radical (unpaired) electrons. The maximum absolute atomic E-state index is 12.5. The third-order valence-corrected chi connectivity index (χ3v) is 7.58. The third kappa shape index (κ3) is 5.05. The van der Waals surface area contributed by atoms with Crippen LogP contribution in [0.25, 0.3) is 0 Å². The monoisotopic (exact) mass is 480 g/mol. The lowest BCUT2D eigenvalue weighted by molar-refractivity contribution is -0.144. The van der Waals surface area contributed by atoms with Crippen LogP contribution in [0.15, 0.2) is 17.2 Å². The summed E-state index contributed by atoms with van der Waals surface area (Å²) >= 11 is 2.76. The van der Waals surface area contributed by atoms with Crippen LogP contribution in [0.2, 0.25) is 0 Å². The Balaban J connectivity index is 1.23. The van der Waals surface area contributed by atoms with Crippen LogP contribution in [-0.4, -0.2) is 101 Å². The summed E-state index contributed by atoms with van der Waals surface area (Å²) in [6.07, 6.45) is 1.95. The number of anilines is 1. The van der Waals surface area contributed by atoms with E-state index >= 15 is 0 Å². The number of carbonyl (C=O) groups excluding carboxylic acids is 4. The number of carbonyl (C=O) groups is 4. The van der Waals surface area contributed by atoms with Gasteiger partial charge in [0.2, 0.25) is 12.3 Å². The molecule has 2 N–H and O–H groups in total. The lowest BCUT2D eigenvalue weighted by atomic mass is 10.1. The summed E-state index contributed by atoms with van der Waals surface area (Å²) in [5, 5.41) is 7.14.